The normalized spacial score (nSPS) is 11.9. The van der Waals surface area contributed by atoms with Crippen LogP contribution in [0.15, 0.2) is 66.1 Å². The molecule has 23 heavy (non-hydrogen) atoms. The molecule has 0 saturated heterocycles. The summed E-state index contributed by atoms with van der Waals surface area (Å²) in [6, 6.07) is 13.3. The van der Waals surface area contributed by atoms with Gasteiger partial charge in [-0.05, 0) is 31.2 Å². The fourth-order valence-electron chi connectivity index (χ4n) is 2.10. The van der Waals surface area contributed by atoms with Crippen LogP contribution in [0.2, 0.25) is 0 Å². The highest BCUT2D eigenvalue weighted by atomic mass is 32.2. The lowest BCUT2D eigenvalue weighted by Gasteiger charge is -2.13. The molecule has 1 amide bonds. The predicted octanol–water partition coefficient (Wildman–Crippen LogP) is 3.59. The summed E-state index contributed by atoms with van der Waals surface area (Å²) in [7, 11) is 0. The van der Waals surface area contributed by atoms with Crippen LogP contribution >= 0.6 is 11.8 Å². The number of imidazole rings is 1. The Morgan fingerprint density at radius 3 is 2.70 bits per heavy atom. The van der Waals surface area contributed by atoms with Gasteiger partial charge >= 0.3 is 0 Å². The summed E-state index contributed by atoms with van der Waals surface area (Å²) >= 11 is 1.43. The van der Waals surface area contributed by atoms with Crippen molar-refractivity contribution in [1.82, 2.24) is 15.0 Å². The minimum absolute atomic E-state index is 0.0698. The molecule has 0 spiro atoms. The highest BCUT2D eigenvalue weighted by Gasteiger charge is 2.17. The number of benzene rings is 1. The Balaban J connectivity index is 1.73. The molecule has 0 fully saturated rings. The summed E-state index contributed by atoms with van der Waals surface area (Å²) in [4.78, 5) is 24.0. The Labute approximate surface area is 138 Å². The number of hydrogen-bond acceptors (Lipinski definition) is 4. The van der Waals surface area contributed by atoms with E-state index in [2.05, 4.69) is 20.3 Å². The lowest BCUT2D eigenvalue weighted by Crippen LogP contribution is -2.22. The molecule has 0 aliphatic heterocycles. The van der Waals surface area contributed by atoms with Gasteiger partial charge in [0.25, 0.3) is 0 Å². The van der Waals surface area contributed by atoms with Gasteiger partial charge in [0.05, 0.1) is 16.0 Å². The van der Waals surface area contributed by atoms with E-state index in [-0.39, 0.29) is 11.2 Å². The van der Waals surface area contributed by atoms with Gasteiger partial charge in [-0.3, -0.25) is 4.79 Å². The number of nitrogens with zero attached hydrogens (tertiary/aromatic N) is 2. The molecule has 0 unspecified atom stereocenters. The van der Waals surface area contributed by atoms with Gasteiger partial charge in [0.15, 0.2) is 0 Å². The first-order valence-corrected chi connectivity index (χ1v) is 8.09. The number of amides is 1. The molecule has 6 heteroatoms. The number of aromatic nitrogens is 3. The SMILES string of the molecule is C[C@@H](Sc1ccccn1)C(=O)Nc1ccccc1-c1ncc[nH]1. The van der Waals surface area contributed by atoms with Gasteiger partial charge in [-0.2, -0.15) is 0 Å². The predicted molar refractivity (Wildman–Crippen MR) is 92.2 cm³/mol. The van der Waals surface area contributed by atoms with Crippen LogP contribution < -0.4 is 5.32 Å². The molecule has 0 aliphatic rings. The zero-order valence-corrected chi connectivity index (χ0v) is 13.4. The maximum atomic E-state index is 12.4. The van der Waals surface area contributed by atoms with Gasteiger partial charge in [-0.15, -0.1) is 0 Å². The van der Waals surface area contributed by atoms with Crippen LogP contribution in [0.1, 0.15) is 6.92 Å². The first-order chi connectivity index (χ1) is 11.2. The molecule has 0 bridgehead atoms. The van der Waals surface area contributed by atoms with Gasteiger partial charge < -0.3 is 10.3 Å². The molecule has 1 aromatic carbocycles. The minimum Gasteiger partial charge on any atom is -0.345 e. The Kier molecular flexibility index (Phi) is 4.73. The first-order valence-electron chi connectivity index (χ1n) is 7.21. The lowest BCUT2D eigenvalue weighted by atomic mass is 10.1. The second kappa shape index (κ2) is 7.11. The van der Waals surface area contributed by atoms with E-state index >= 15 is 0 Å². The van der Waals surface area contributed by atoms with Crippen LogP contribution in [0, 0.1) is 0 Å². The van der Waals surface area contributed by atoms with E-state index in [4.69, 9.17) is 0 Å². The summed E-state index contributed by atoms with van der Waals surface area (Å²) in [6.07, 6.45) is 5.17. The Hall–Kier alpha value is -2.60. The van der Waals surface area contributed by atoms with Crippen LogP contribution in [0.3, 0.4) is 0 Å². The van der Waals surface area contributed by atoms with Crippen molar-refractivity contribution < 1.29 is 4.79 Å². The van der Waals surface area contributed by atoms with Gasteiger partial charge in [-0.25, -0.2) is 9.97 Å². The van der Waals surface area contributed by atoms with Crippen molar-refractivity contribution in [2.75, 3.05) is 5.32 Å². The number of anilines is 1. The summed E-state index contributed by atoms with van der Waals surface area (Å²) < 4.78 is 0. The van der Waals surface area contributed by atoms with Gasteiger partial charge in [-0.1, -0.05) is 30.0 Å². The fourth-order valence-corrected chi connectivity index (χ4v) is 2.90. The number of pyridine rings is 1. The first kappa shape index (κ1) is 15.3. The number of nitrogens with one attached hydrogen (secondary N) is 2. The summed E-state index contributed by atoms with van der Waals surface area (Å²) in [5.74, 6) is 0.658. The second-order valence-electron chi connectivity index (χ2n) is 4.90. The molecular formula is C17H16N4OS. The van der Waals surface area contributed by atoms with Crippen molar-refractivity contribution >= 4 is 23.4 Å². The number of rotatable bonds is 5. The summed E-state index contributed by atoms with van der Waals surface area (Å²) in [6.45, 7) is 1.87. The second-order valence-corrected chi connectivity index (χ2v) is 6.26. The number of carbonyl (C=O) groups is 1. The van der Waals surface area contributed by atoms with Crippen LogP contribution in [0.5, 0.6) is 0 Å². The van der Waals surface area contributed by atoms with E-state index in [9.17, 15) is 4.79 Å². The Morgan fingerprint density at radius 2 is 1.96 bits per heavy atom. The van der Waals surface area contributed by atoms with Gasteiger partial charge in [0, 0.05) is 24.2 Å². The van der Waals surface area contributed by atoms with Crippen molar-refractivity contribution in [3.8, 4) is 11.4 Å². The monoisotopic (exact) mass is 324 g/mol. The standard InChI is InChI=1S/C17H16N4OS/c1-12(23-15-8-4-5-9-18-15)17(22)21-14-7-3-2-6-13(14)16-19-10-11-20-16/h2-12H,1H3,(H,19,20)(H,21,22)/t12-/m1/s1. The maximum absolute atomic E-state index is 12.4. The molecule has 0 radical (unpaired) electrons. The van der Waals surface area contributed by atoms with Gasteiger partial charge in [0.1, 0.15) is 5.82 Å². The number of hydrogen-bond donors (Lipinski definition) is 2. The Bertz CT molecular complexity index is 774. The van der Waals surface area contributed by atoms with E-state index in [0.717, 1.165) is 22.1 Å². The van der Waals surface area contributed by atoms with Crippen LogP contribution in [-0.2, 0) is 4.79 Å². The van der Waals surface area contributed by atoms with E-state index < -0.39 is 0 Å². The van der Waals surface area contributed by atoms with Crippen LogP contribution in [0.4, 0.5) is 5.69 Å². The largest absolute Gasteiger partial charge is 0.345 e. The number of aromatic amines is 1. The number of para-hydroxylation sites is 1. The van der Waals surface area contributed by atoms with Crippen molar-refractivity contribution in [1.29, 1.82) is 0 Å². The third kappa shape index (κ3) is 3.78. The molecule has 116 valence electrons. The molecule has 5 nitrogen and oxygen atoms in total. The molecule has 0 aliphatic carbocycles. The maximum Gasteiger partial charge on any atom is 0.237 e. The molecule has 3 aromatic rings. The van der Waals surface area contributed by atoms with E-state index in [0.29, 0.717) is 0 Å². The molecular weight excluding hydrogens is 308 g/mol. The average Bonchev–Trinajstić information content (AvgIpc) is 3.10. The molecule has 2 N–H and O–H groups in total. The van der Waals surface area contributed by atoms with Crippen LogP contribution in [-0.4, -0.2) is 26.1 Å². The number of thioether (sulfide) groups is 1. The molecule has 3 rings (SSSR count). The fraction of sp³-hybridized carbons (Fsp3) is 0.118. The zero-order chi connectivity index (χ0) is 16.1. The third-order valence-corrected chi connectivity index (χ3v) is 4.29. The molecule has 1 atom stereocenters. The summed E-state index contributed by atoms with van der Waals surface area (Å²) in [5.41, 5.74) is 1.60. The highest BCUT2D eigenvalue weighted by molar-refractivity contribution is 8.00. The molecule has 2 heterocycles. The average molecular weight is 324 g/mol. The van der Waals surface area contributed by atoms with Gasteiger partial charge in [0.2, 0.25) is 5.91 Å². The van der Waals surface area contributed by atoms with E-state index in [1.165, 1.54) is 11.8 Å². The van der Waals surface area contributed by atoms with E-state index in [1.54, 1.807) is 18.6 Å². The van der Waals surface area contributed by atoms with Crippen molar-refractivity contribution in [2.45, 2.75) is 17.2 Å². The number of carbonyl (C=O) groups excluding carboxylic acids is 1. The topological polar surface area (TPSA) is 70.7 Å². The highest BCUT2D eigenvalue weighted by Crippen LogP contribution is 2.27. The minimum atomic E-state index is -0.255. The zero-order valence-electron chi connectivity index (χ0n) is 12.6. The van der Waals surface area contributed by atoms with Crippen LogP contribution in [0.25, 0.3) is 11.4 Å². The lowest BCUT2D eigenvalue weighted by molar-refractivity contribution is -0.115. The smallest absolute Gasteiger partial charge is 0.237 e. The summed E-state index contributed by atoms with van der Waals surface area (Å²) in [5, 5.41) is 3.54. The van der Waals surface area contributed by atoms with Crippen molar-refractivity contribution in [3.05, 3.63) is 61.1 Å². The Morgan fingerprint density at radius 1 is 1.13 bits per heavy atom. The quantitative estimate of drug-likeness (QED) is 0.704. The molecule has 2 aromatic heterocycles. The van der Waals surface area contributed by atoms with E-state index in [1.807, 2.05) is 49.4 Å². The van der Waals surface area contributed by atoms with Crippen molar-refractivity contribution in [2.24, 2.45) is 0 Å². The molecule has 0 saturated carbocycles. The third-order valence-electron chi connectivity index (χ3n) is 3.24. The van der Waals surface area contributed by atoms with Crippen molar-refractivity contribution in [3.63, 3.8) is 0 Å². The number of H-pyrrole nitrogens is 1.